The highest BCUT2D eigenvalue weighted by atomic mass is 32.2. The maximum absolute atomic E-state index is 14.4. The van der Waals surface area contributed by atoms with Crippen molar-refractivity contribution in [3.63, 3.8) is 0 Å². The third-order valence-electron chi connectivity index (χ3n) is 8.37. The average molecular weight is 600 g/mol. The Morgan fingerprint density at radius 2 is 1.85 bits per heavy atom. The molecule has 3 heterocycles. The zero-order chi connectivity index (χ0) is 28.7. The fraction of sp³-hybridized carbons (Fsp3) is 0.643. The lowest BCUT2D eigenvalue weighted by Gasteiger charge is -2.47. The molecule has 2 aromatic rings. The van der Waals surface area contributed by atoms with Gasteiger partial charge in [-0.1, -0.05) is 38.2 Å². The molecule has 3 fully saturated rings. The first-order chi connectivity index (χ1) is 18.9. The summed E-state index contributed by atoms with van der Waals surface area (Å²) in [4.78, 5) is 17.5. The summed E-state index contributed by atoms with van der Waals surface area (Å²) in [5, 5.41) is 3.20. The highest BCUT2D eigenvalue weighted by Crippen LogP contribution is 2.43. The summed E-state index contributed by atoms with van der Waals surface area (Å²) >= 11 is 1.07. The van der Waals surface area contributed by atoms with Crippen molar-refractivity contribution in [1.82, 2.24) is 14.6 Å². The first-order valence-electron chi connectivity index (χ1n) is 14.0. The van der Waals surface area contributed by atoms with E-state index in [-0.39, 0.29) is 29.1 Å². The molecule has 1 saturated carbocycles. The Labute approximate surface area is 237 Å². The molecule has 0 spiro atoms. The Morgan fingerprint density at radius 1 is 1.15 bits per heavy atom. The maximum Gasteiger partial charge on any atom is 0.417 e. The van der Waals surface area contributed by atoms with E-state index in [1.165, 1.54) is 6.07 Å². The third kappa shape index (κ3) is 6.10. The number of rotatable bonds is 7. The number of sulfonamides is 1. The molecule has 12 heteroatoms. The van der Waals surface area contributed by atoms with Gasteiger partial charge >= 0.3 is 6.18 Å². The van der Waals surface area contributed by atoms with Crippen molar-refractivity contribution in [1.29, 1.82) is 0 Å². The maximum atomic E-state index is 14.4. The van der Waals surface area contributed by atoms with Gasteiger partial charge in [0, 0.05) is 31.3 Å². The fourth-order valence-corrected chi connectivity index (χ4v) is 8.89. The van der Waals surface area contributed by atoms with Crippen LogP contribution in [0.25, 0.3) is 10.4 Å². The van der Waals surface area contributed by atoms with Gasteiger partial charge in [-0.2, -0.15) is 17.5 Å². The number of hydrogen-bond donors (Lipinski definition) is 1. The highest BCUT2D eigenvalue weighted by Gasteiger charge is 2.47. The first-order valence-corrected chi connectivity index (χ1v) is 16.2. The minimum Gasteiger partial charge on any atom is -0.381 e. The molecule has 1 amide bonds. The summed E-state index contributed by atoms with van der Waals surface area (Å²) in [6, 6.07) is 3.36. The van der Waals surface area contributed by atoms with Crippen LogP contribution in [0.5, 0.6) is 0 Å². The largest absolute Gasteiger partial charge is 0.417 e. The smallest absolute Gasteiger partial charge is 0.381 e. The normalized spacial score (nSPS) is 21.2. The number of nitrogens with one attached hydrogen (secondary N) is 1. The van der Waals surface area contributed by atoms with Gasteiger partial charge in [-0.25, -0.2) is 13.4 Å². The van der Waals surface area contributed by atoms with Crippen molar-refractivity contribution < 1.29 is 31.1 Å². The van der Waals surface area contributed by atoms with E-state index in [4.69, 9.17) is 4.74 Å². The lowest BCUT2D eigenvalue weighted by Crippen LogP contribution is -2.58. The lowest BCUT2D eigenvalue weighted by molar-refractivity contribution is -0.140. The van der Waals surface area contributed by atoms with Crippen LogP contribution in [0.1, 0.15) is 86.3 Å². The number of thiazole rings is 1. The van der Waals surface area contributed by atoms with E-state index in [0.717, 1.165) is 59.9 Å². The SMILES string of the molecule is CC1(C)CCN1S(=O)(=O)c1ccc(-c2sc(C(=O)NC3CCOCC3)nc2CC2CCCCC2)cc1C(F)(F)F. The molecule has 0 atom stereocenters. The summed E-state index contributed by atoms with van der Waals surface area (Å²) in [5.74, 6) is -0.000285. The van der Waals surface area contributed by atoms with Crippen LogP contribution >= 0.6 is 11.3 Å². The van der Waals surface area contributed by atoms with Crippen LogP contribution in [-0.4, -0.2) is 55.0 Å². The van der Waals surface area contributed by atoms with Crippen LogP contribution in [0.3, 0.4) is 0 Å². The number of ether oxygens (including phenoxy) is 1. The zero-order valence-corrected chi connectivity index (χ0v) is 24.5. The number of carbonyl (C=O) groups excluding carboxylic acids is 1. The van der Waals surface area contributed by atoms with Gasteiger partial charge in [0.1, 0.15) is 0 Å². The summed E-state index contributed by atoms with van der Waals surface area (Å²) in [5.41, 5.74) is -1.11. The van der Waals surface area contributed by atoms with Crippen molar-refractivity contribution in [2.45, 2.75) is 94.3 Å². The lowest BCUT2D eigenvalue weighted by atomic mass is 9.85. The van der Waals surface area contributed by atoms with E-state index < -0.39 is 32.2 Å². The van der Waals surface area contributed by atoms with Gasteiger partial charge in [0.25, 0.3) is 5.91 Å². The van der Waals surface area contributed by atoms with Crippen LogP contribution in [0.15, 0.2) is 23.1 Å². The average Bonchev–Trinajstić information content (AvgIpc) is 3.32. The fourth-order valence-electron chi connectivity index (χ4n) is 5.90. The number of halogens is 3. The van der Waals surface area contributed by atoms with Gasteiger partial charge in [-0.3, -0.25) is 4.79 Å². The Bertz CT molecular complexity index is 1340. The number of aromatic nitrogens is 1. The number of alkyl halides is 3. The molecule has 0 radical (unpaired) electrons. The first kappa shape index (κ1) is 29.5. The minimum atomic E-state index is -4.88. The van der Waals surface area contributed by atoms with Gasteiger partial charge in [-0.05, 0) is 63.1 Å². The van der Waals surface area contributed by atoms with E-state index >= 15 is 0 Å². The van der Waals surface area contributed by atoms with E-state index in [1.807, 2.05) is 0 Å². The van der Waals surface area contributed by atoms with Crippen molar-refractivity contribution in [3.05, 3.63) is 34.5 Å². The second-order valence-corrected chi connectivity index (χ2v) is 14.5. The van der Waals surface area contributed by atoms with Crippen LogP contribution in [0.4, 0.5) is 13.2 Å². The number of nitrogens with zero attached hydrogens (tertiary/aromatic N) is 2. The molecule has 1 aromatic heterocycles. The Kier molecular flexibility index (Phi) is 8.35. The number of hydrogen-bond acceptors (Lipinski definition) is 6. The van der Waals surface area contributed by atoms with Crippen molar-refractivity contribution >= 4 is 27.3 Å². The van der Waals surface area contributed by atoms with Crippen LogP contribution < -0.4 is 5.32 Å². The number of amides is 1. The summed E-state index contributed by atoms with van der Waals surface area (Å²) in [7, 11) is -4.35. The molecule has 0 bridgehead atoms. The second-order valence-electron chi connectivity index (χ2n) is 11.7. The Morgan fingerprint density at radius 3 is 2.45 bits per heavy atom. The molecule has 2 aliphatic heterocycles. The van der Waals surface area contributed by atoms with E-state index in [1.54, 1.807) is 13.8 Å². The van der Waals surface area contributed by atoms with Gasteiger partial charge < -0.3 is 10.1 Å². The molecular weight excluding hydrogens is 563 g/mol. The predicted molar refractivity (Wildman–Crippen MR) is 147 cm³/mol. The quantitative estimate of drug-likeness (QED) is 0.420. The molecule has 0 unspecified atom stereocenters. The van der Waals surface area contributed by atoms with Crippen molar-refractivity contribution in [3.8, 4) is 10.4 Å². The van der Waals surface area contributed by atoms with E-state index in [0.29, 0.717) is 55.4 Å². The van der Waals surface area contributed by atoms with Crippen molar-refractivity contribution in [2.24, 2.45) is 5.92 Å². The molecule has 3 aliphatic rings. The third-order valence-corrected chi connectivity index (χ3v) is 11.7. The summed E-state index contributed by atoms with van der Waals surface area (Å²) < 4.78 is 76.2. The molecule has 1 aromatic carbocycles. The molecule has 40 heavy (non-hydrogen) atoms. The van der Waals surface area contributed by atoms with E-state index in [2.05, 4.69) is 10.3 Å². The monoisotopic (exact) mass is 599 g/mol. The zero-order valence-electron chi connectivity index (χ0n) is 22.8. The van der Waals surface area contributed by atoms with Gasteiger partial charge in [0.05, 0.1) is 21.0 Å². The molecule has 5 rings (SSSR count). The van der Waals surface area contributed by atoms with Crippen molar-refractivity contribution in [2.75, 3.05) is 19.8 Å². The topological polar surface area (TPSA) is 88.6 Å². The molecule has 2 saturated heterocycles. The molecular formula is C28H36F3N3O4S2. The summed E-state index contributed by atoms with van der Waals surface area (Å²) in [6.07, 6.45) is 3.03. The van der Waals surface area contributed by atoms with Crippen LogP contribution in [0.2, 0.25) is 0 Å². The van der Waals surface area contributed by atoms with Gasteiger partial charge in [0.15, 0.2) is 5.01 Å². The second kappa shape index (κ2) is 11.3. The molecule has 7 nitrogen and oxygen atoms in total. The van der Waals surface area contributed by atoms with Crippen LogP contribution in [0, 0.1) is 5.92 Å². The molecule has 1 N–H and O–H groups in total. The minimum absolute atomic E-state index is 0.0394. The molecule has 220 valence electrons. The number of benzene rings is 1. The van der Waals surface area contributed by atoms with Gasteiger partial charge in [-0.15, -0.1) is 11.3 Å². The summed E-state index contributed by atoms with van der Waals surface area (Å²) in [6.45, 7) is 4.71. The standard InChI is InChI=1S/C28H36F3N3O4S2/c1-27(2)12-13-34(27)40(36,37)23-9-8-19(17-21(23)28(29,30)31)24-22(16-18-6-4-3-5-7-18)33-26(39-24)25(35)32-20-10-14-38-15-11-20/h8-9,17-18,20H,3-7,10-16H2,1-2H3,(H,32,35). The highest BCUT2D eigenvalue weighted by molar-refractivity contribution is 7.89. The van der Waals surface area contributed by atoms with E-state index in [9.17, 15) is 26.4 Å². The number of carbonyl (C=O) groups is 1. The molecule has 1 aliphatic carbocycles. The van der Waals surface area contributed by atoms with Crippen LogP contribution in [-0.2, 0) is 27.4 Å². The van der Waals surface area contributed by atoms with Gasteiger partial charge in [0.2, 0.25) is 10.0 Å². The predicted octanol–water partition coefficient (Wildman–Crippen LogP) is 6.03. The Hall–Kier alpha value is -2.02. The Balaban J connectivity index is 1.53.